The molecule has 0 bridgehead atoms. The number of hydrogen-bond donors (Lipinski definition) is 3. The summed E-state index contributed by atoms with van der Waals surface area (Å²) in [4.78, 5) is 46.6. The fourth-order valence-electron chi connectivity index (χ4n) is 6.79. The summed E-state index contributed by atoms with van der Waals surface area (Å²) in [6.45, 7) is 15.0. The van der Waals surface area contributed by atoms with Gasteiger partial charge in [-0.2, -0.15) is 0 Å². The molecule has 0 unspecified atom stereocenters. The van der Waals surface area contributed by atoms with Crippen LogP contribution in [0, 0.1) is 23.7 Å². The van der Waals surface area contributed by atoms with Gasteiger partial charge >= 0.3 is 17.9 Å². The van der Waals surface area contributed by atoms with E-state index in [2.05, 4.69) is 0 Å². The van der Waals surface area contributed by atoms with E-state index in [1.807, 2.05) is 90.2 Å². The molecule has 0 fully saturated rings. The van der Waals surface area contributed by atoms with Crippen LogP contribution in [-0.4, -0.2) is 116 Å². The normalized spacial score (nSPS) is 35.2. The Morgan fingerprint density at radius 2 is 1.02 bits per heavy atom. The van der Waals surface area contributed by atoms with E-state index in [1.54, 1.807) is 46.5 Å². The first kappa shape index (κ1) is 56.8. The zero-order valence-electron chi connectivity index (χ0n) is 39.4. The Morgan fingerprint density at radius 1 is 0.619 bits per heavy atom. The van der Waals surface area contributed by atoms with Gasteiger partial charge < -0.3 is 43.7 Å². The van der Waals surface area contributed by atoms with Crippen molar-refractivity contribution in [3.05, 3.63) is 95.7 Å². The first-order valence-corrected chi connectivity index (χ1v) is 21.9. The molecule has 13 heteroatoms. The molecule has 3 rings (SSSR count). The lowest BCUT2D eigenvalue weighted by Crippen LogP contribution is -2.33. The molecular formula is C50H76O13. The summed E-state index contributed by atoms with van der Waals surface area (Å²) in [7, 11) is 4.72. The van der Waals surface area contributed by atoms with E-state index in [0.717, 1.165) is 36.0 Å². The Morgan fingerprint density at radius 3 is 1.46 bits per heavy atom. The Hall–Kier alpha value is -4.24. The molecule has 0 aromatic heterocycles. The number of aliphatic hydroxyl groups excluding tert-OH is 3. The number of rotatable bonds is 5. The number of allylic oxidation sites excluding steroid dienone is 5. The molecule has 0 aromatic rings. The number of esters is 3. The van der Waals surface area contributed by atoms with Crippen LogP contribution in [0.2, 0.25) is 0 Å². The molecule has 63 heavy (non-hydrogen) atoms. The van der Waals surface area contributed by atoms with Crippen molar-refractivity contribution < 1.29 is 62.9 Å². The average Bonchev–Trinajstić information content (AvgIpc) is 3.24. The zero-order valence-corrected chi connectivity index (χ0v) is 39.4. The molecule has 3 aliphatic rings. The summed E-state index contributed by atoms with van der Waals surface area (Å²) in [6, 6.07) is 0. The van der Waals surface area contributed by atoms with Gasteiger partial charge in [0.05, 0.1) is 24.2 Å². The third kappa shape index (κ3) is 22.8. The zero-order chi connectivity index (χ0) is 47.5. The number of carbonyl (C=O) groups is 4. The maximum Gasteiger partial charge on any atom is 0.331 e. The highest BCUT2D eigenvalue weighted by atomic mass is 16.5. The molecule has 11 atom stereocenters. The van der Waals surface area contributed by atoms with Crippen LogP contribution in [0.25, 0.3) is 0 Å². The Kier molecular flexibility index (Phi) is 28.5. The maximum absolute atomic E-state index is 12.0. The van der Waals surface area contributed by atoms with Gasteiger partial charge in [0.15, 0.2) is 0 Å². The fraction of sp³-hybridized carbons (Fsp3) is 0.600. The van der Waals surface area contributed by atoms with Crippen molar-refractivity contribution >= 4 is 23.7 Å². The lowest BCUT2D eigenvalue weighted by Gasteiger charge is -2.26. The third-order valence-corrected chi connectivity index (χ3v) is 10.8. The highest BCUT2D eigenvalue weighted by Crippen LogP contribution is 2.23. The van der Waals surface area contributed by atoms with E-state index in [0.29, 0.717) is 19.3 Å². The van der Waals surface area contributed by atoms with E-state index in [-0.39, 0.29) is 60.9 Å². The summed E-state index contributed by atoms with van der Waals surface area (Å²) < 4.78 is 31.7. The number of hydrogen-bond acceptors (Lipinski definition) is 13. The number of cyclic esters (lactones) is 3. The van der Waals surface area contributed by atoms with Crippen LogP contribution in [0.1, 0.15) is 93.9 Å². The SMILES string of the molecule is CO[C@H]1/C=C/CC/C=C/C(=O)OC/C(C)=C\[C@@H](C)[C@@H]1O.CO[C@H]1/C=C/CC/C=C/C(=O)O[C@H]([C@H](C)C(C)=O)/C(C)=C\[C@@H](C)[C@@H]1O.CO[C@H]1/C=C/CCC(=O)OC/C(C)=C\[C@@H](C)[C@@H]1O. The summed E-state index contributed by atoms with van der Waals surface area (Å²) in [5, 5.41) is 31.0. The van der Waals surface area contributed by atoms with Crippen LogP contribution in [0.5, 0.6) is 0 Å². The average molecular weight is 885 g/mol. The molecular weight excluding hydrogens is 809 g/mol. The Labute approximate surface area is 376 Å². The highest BCUT2D eigenvalue weighted by Gasteiger charge is 2.29. The van der Waals surface area contributed by atoms with Gasteiger partial charge in [-0.25, -0.2) is 9.59 Å². The molecule has 0 radical (unpaired) electrons. The second-order valence-corrected chi connectivity index (χ2v) is 16.4. The van der Waals surface area contributed by atoms with Crippen LogP contribution in [0.4, 0.5) is 0 Å². The standard InChI is InChI=1S/C20H30O5.C16H24O4.C14H22O4/c1-13-12-14(2)20(15(3)16(4)21)25-18(22)11-9-7-6-8-10-17(24-5)19(13)23;1-12-10-13(2)16(18)14(19-3)8-6-4-5-7-9-15(17)20-11-12;1-10-8-11(2)14(16)12(17-3)6-4-5-7-13(15)18-9-10/h8-13,15,17,19-20,23H,6-7H2,1-5H3;6-10,13-14,16,18H,4-5,11H2,1-3H3;4,6,8,11-12,14,16H,5,7,9H2,1-3H3/b10-8+,11-9+,14-12-;8-6+,9-7+,12-10-;6-4+,10-8-/t13-,15-,17+,19+,20+;13-,14+,16+;11-,12+,14+/m111/s1. The summed E-state index contributed by atoms with van der Waals surface area (Å²) in [5.74, 6) is -1.87. The number of ether oxygens (including phenoxy) is 6. The summed E-state index contributed by atoms with van der Waals surface area (Å²) >= 11 is 0. The molecule has 0 amide bonds. The lowest BCUT2D eigenvalue weighted by atomic mass is 9.90. The summed E-state index contributed by atoms with van der Waals surface area (Å²) in [5.41, 5.74) is 2.59. The molecule has 354 valence electrons. The first-order chi connectivity index (χ1) is 29.9. The quantitative estimate of drug-likeness (QED) is 0.143. The van der Waals surface area contributed by atoms with Gasteiger partial charge in [0.25, 0.3) is 0 Å². The highest BCUT2D eigenvalue weighted by molar-refractivity contribution is 5.84. The topological polar surface area (TPSA) is 184 Å². The van der Waals surface area contributed by atoms with E-state index < -0.39 is 42.4 Å². The fourth-order valence-corrected chi connectivity index (χ4v) is 6.79. The number of carbonyl (C=O) groups excluding carboxylic acids is 4. The second kappa shape index (κ2) is 31.6. The van der Waals surface area contributed by atoms with Gasteiger partial charge in [0.2, 0.25) is 0 Å². The predicted molar refractivity (Wildman–Crippen MR) is 244 cm³/mol. The molecule has 13 nitrogen and oxygen atoms in total. The maximum atomic E-state index is 12.0. The van der Waals surface area contributed by atoms with Crippen LogP contribution >= 0.6 is 0 Å². The minimum Gasteiger partial charge on any atom is -0.461 e. The molecule has 0 aliphatic carbocycles. The second-order valence-electron chi connectivity index (χ2n) is 16.4. The van der Waals surface area contributed by atoms with Gasteiger partial charge in [-0.1, -0.05) is 94.5 Å². The van der Waals surface area contributed by atoms with Crippen LogP contribution in [0.15, 0.2) is 95.7 Å². The lowest BCUT2D eigenvalue weighted by molar-refractivity contribution is -0.145. The van der Waals surface area contributed by atoms with Gasteiger partial charge in [-0.05, 0) is 76.5 Å². The Balaban J connectivity index is 0.000000480. The molecule has 3 heterocycles. The van der Waals surface area contributed by atoms with E-state index in [4.69, 9.17) is 28.4 Å². The minimum absolute atomic E-state index is 0.0541. The van der Waals surface area contributed by atoms with E-state index in [9.17, 15) is 34.5 Å². The van der Waals surface area contributed by atoms with Gasteiger partial charge in [0.1, 0.15) is 43.4 Å². The number of ketones is 1. The monoisotopic (exact) mass is 885 g/mol. The molecule has 0 saturated carbocycles. The van der Waals surface area contributed by atoms with Crippen molar-refractivity contribution in [1.29, 1.82) is 0 Å². The van der Waals surface area contributed by atoms with Crippen LogP contribution in [0.3, 0.4) is 0 Å². The predicted octanol–water partition coefficient (Wildman–Crippen LogP) is 7.22. The van der Waals surface area contributed by atoms with Crippen molar-refractivity contribution in [1.82, 2.24) is 0 Å². The van der Waals surface area contributed by atoms with Crippen molar-refractivity contribution in [3.8, 4) is 0 Å². The van der Waals surface area contributed by atoms with Crippen LogP contribution in [-0.2, 0) is 47.6 Å². The van der Waals surface area contributed by atoms with Crippen molar-refractivity contribution in [3.63, 3.8) is 0 Å². The number of aliphatic hydroxyl groups is 3. The summed E-state index contributed by atoms with van der Waals surface area (Å²) in [6.07, 6.45) is 23.5. The molecule has 0 saturated heterocycles. The van der Waals surface area contributed by atoms with Gasteiger partial charge in [-0.3, -0.25) is 9.59 Å². The minimum atomic E-state index is -0.737. The molecule has 0 spiro atoms. The largest absolute Gasteiger partial charge is 0.461 e. The Bertz CT molecular complexity index is 1650. The molecule has 3 aliphatic heterocycles. The van der Waals surface area contributed by atoms with Crippen molar-refractivity contribution in [2.45, 2.75) is 137 Å². The van der Waals surface area contributed by atoms with Crippen LogP contribution < -0.4 is 0 Å². The van der Waals surface area contributed by atoms with E-state index in [1.165, 1.54) is 19.1 Å². The molecule has 0 aromatic carbocycles. The van der Waals surface area contributed by atoms with Crippen molar-refractivity contribution in [2.75, 3.05) is 34.5 Å². The smallest absolute Gasteiger partial charge is 0.331 e. The first-order valence-electron chi connectivity index (χ1n) is 21.9. The van der Waals surface area contributed by atoms with Gasteiger partial charge in [0, 0.05) is 57.7 Å². The number of Topliss-reactive ketones (excluding diaryl/α,β-unsaturated/α-hetero) is 1. The van der Waals surface area contributed by atoms with Crippen molar-refractivity contribution in [2.24, 2.45) is 23.7 Å². The van der Waals surface area contributed by atoms with Gasteiger partial charge in [-0.15, -0.1) is 0 Å². The van der Waals surface area contributed by atoms with E-state index >= 15 is 0 Å². The third-order valence-electron chi connectivity index (χ3n) is 10.8. The number of methoxy groups -OCH3 is 3. The molecule has 3 N–H and O–H groups in total.